The molecule has 1 unspecified atom stereocenters. The Morgan fingerprint density at radius 3 is 2.13 bits per heavy atom. The molecule has 1 nitrogen and oxygen atoms in total. The van der Waals surface area contributed by atoms with E-state index in [2.05, 4.69) is 70.2 Å². The second kappa shape index (κ2) is 8.88. The van der Waals surface area contributed by atoms with Crippen LogP contribution in [0.15, 0.2) is 54.1 Å². The van der Waals surface area contributed by atoms with Gasteiger partial charge in [0.1, 0.15) is 0 Å². The molecule has 0 amide bonds. The molecule has 3 aromatic carbocycles. The third kappa shape index (κ3) is 5.02. The van der Waals surface area contributed by atoms with Crippen molar-refractivity contribution in [3.8, 4) is 5.75 Å². The molecule has 4 rings (SSSR count). The Balaban J connectivity index is 0.000000176. The van der Waals surface area contributed by atoms with Crippen molar-refractivity contribution in [2.45, 2.75) is 62.9 Å². The van der Waals surface area contributed by atoms with Gasteiger partial charge in [-0.1, -0.05) is 65.3 Å². The summed E-state index contributed by atoms with van der Waals surface area (Å²) in [5.41, 5.74) is 6.00. The summed E-state index contributed by atoms with van der Waals surface area (Å²) >= 11 is 7.98. The summed E-state index contributed by atoms with van der Waals surface area (Å²) in [5, 5.41) is 15.3. The number of allylic oxidation sites excluding steroid dienone is 1. The first-order valence-electron chi connectivity index (χ1n) is 10.7. The fourth-order valence-electron chi connectivity index (χ4n) is 4.12. The van der Waals surface area contributed by atoms with Crippen LogP contribution in [0.1, 0.15) is 74.3 Å². The molecular formula is C28H31ClOZr. The molecule has 1 aliphatic carbocycles. The molecule has 31 heavy (non-hydrogen) atoms. The number of benzene rings is 3. The Morgan fingerprint density at radius 2 is 1.52 bits per heavy atom. The van der Waals surface area contributed by atoms with Gasteiger partial charge in [0.2, 0.25) is 0 Å². The predicted molar refractivity (Wildman–Crippen MR) is 129 cm³/mol. The zero-order valence-corrected chi connectivity index (χ0v) is 22.8. The standard InChI is InChI=1S/C14H21ClO.C14H11.Zr/c1-13(2,3)9-7-8-10(16)11(12(9)15)14(4,5)6;1-10-8-12-7-6-11-4-2-3-5-13(11)14(12)9-10;/h7-8,16H,1-6H3;2-9H,1H3;/q;;+1/p-1. The molecule has 3 aromatic rings. The summed E-state index contributed by atoms with van der Waals surface area (Å²) < 4.78 is 0.678. The van der Waals surface area contributed by atoms with Crippen molar-refractivity contribution >= 4 is 28.4 Å². The summed E-state index contributed by atoms with van der Waals surface area (Å²) in [6, 6.07) is 16.7. The van der Waals surface area contributed by atoms with Crippen LogP contribution >= 0.6 is 11.6 Å². The number of rotatable bonds is 0. The summed E-state index contributed by atoms with van der Waals surface area (Å²) in [6.45, 7) is 14.6. The van der Waals surface area contributed by atoms with E-state index in [1.165, 1.54) is 27.5 Å². The van der Waals surface area contributed by atoms with Crippen LogP contribution in [0.3, 0.4) is 0 Å². The third-order valence-electron chi connectivity index (χ3n) is 5.80. The molecule has 0 saturated heterocycles. The number of fused-ring (bicyclic) bond motifs is 3. The van der Waals surface area contributed by atoms with Crippen LogP contribution in [0.4, 0.5) is 0 Å². The number of halogens is 1. The molecule has 0 fully saturated rings. The molecule has 0 radical (unpaired) electrons. The Kier molecular flexibility index (Phi) is 6.95. The van der Waals surface area contributed by atoms with Gasteiger partial charge in [0, 0.05) is 5.02 Å². The molecule has 3 heteroatoms. The minimum absolute atomic E-state index is 0.0329. The van der Waals surface area contributed by atoms with E-state index in [0.29, 0.717) is 8.65 Å². The maximum absolute atomic E-state index is 11.9. The zero-order valence-electron chi connectivity index (χ0n) is 19.6. The van der Waals surface area contributed by atoms with Gasteiger partial charge in [-0.2, -0.15) is 0 Å². The van der Waals surface area contributed by atoms with E-state index >= 15 is 0 Å². The topological polar surface area (TPSA) is 23.1 Å². The van der Waals surface area contributed by atoms with Crippen molar-refractivity contribution in [1.29, 1.82) is 0 Å². The van der Waals surface area contributed by atoms with Gasteiger partial charge in [0.25, 0.3) is 0 Å². The van der Waals surface area contributed by atoms with E-state index in [1.807, 2.05) is 26.8 Å². The van der Waals surface area contributed by atoms with Crippen LogP contribution in [0.25, 0.3) is 16.8 Å². The van der Waals surface area contributed by atoms with E-state index in [9.17, 15) is 5.11 Å². The molecule has 0 bridgehead atoms. The summed E-state index contributed by atoms with van der Waals surface area (Å²) in [5.74, 6) is 0.0329. The first kappa shape index (κ1) is 24.3. The molecule has 0 saturated carbocycles. The average Bonchev–Trinajstić information content (AvgIpc) is 2.95. The van der Waals surface area contributed by atoms with E-state index in [0.717, 1.165) is 11.1 Å². The minimum atomic E-state index is -0.213. The maximum atomic E-state index is 11.9. The van der Waals surface area contributed by atoms with Crippen molar-refractivity contribution in [1.82, 2.24) is 0 Å². The van der Waals surface area contributed by atoms with E-state index in [1.54, 1.807) is 30.8 Å². The molecule has 0 aliphatic heterocycles. The molecule has 1 aliphatic rings. The molecule has 160 valence electrons. The Bertz CT molecular complexity index is 1150. The predicted octanol–water partition coefficient (Wildman–Crippen LogP) is 7.85. The summed E-state index contributed by atoms with van der Waals surface area (Å²) in [4.78, 5) is 0. The monoisotopic (exact) mass is 508 g/mol. The van der Waals surface area contributed by atoms with Gasteiger partial charge in [-0.15, -0.1) is 5.75 Å². The van der Waals surface area contributed by atoms with Gasteiger partial charge in [0.05, 0.1) is 0 Å². The zero-order chi connectivity index (χ0) is 23.1. The molecule has 0 heterocycles. The second-order valence-electron chi connectivity index (χ2n) is 10.4. The van der Waals surface area contributed by atoms with Crippen molar-refractivity contribution in [3.05, 3.63) is 81.4 Å². The quantitative estimate of drug-likeness (QED) is 0.302. The Morgan fingerprint density at radius 1 is 0.871 bits per heavy atom. The third-order valence-corrected chi connectivity index (χ3v) is 8.08. The Hall–Kier alpha value is -1.37. The first-order chi connectivity index (χ1) is 14.3. The van der Waals surface area contributed by atoms with Crippen molar-refractivity contribution in [2.24, 2.45) is 0 Å². The molecule has 0 aromatic heterocycles. The van der Waals surface area contributed by atoms with Crippen LogP contribution in [-0.2, 0) is 35.5 Å². The van der Waals surface area contributed by atoms with E-state index < -0.39 is 0 Å². The summed E-state index contributed by atoms with van der Waals surface area (Å²) in [7, 11) is 0. The SMILES string of the molecule is CC(C)(C)c1ccc([O-])c(C(C)(C)C)c1Cl.CC1=Cc2c(ccc3ccccc23)[CH]1[Zr+]. The fourth-order valence-corrected chi connectivity index (χ4v) is 5.66. The van der Waals surface area contributed by atoms with Gasteiger partial charge in [-0.3, -0.25) is 0 Å². The fraction of sp³-hybridized carbons (Fsp3) is 0.357. The van der Waals surface area contributed by atoms with Gasteiger partial charge in [0.15, 0.2) is 0 Å². The van der Waals surface area contributed by atoms with Gasteiger partial charge < -0.3 is 5.11 Å². The average molecular weight is 510 g/mol. The van der Waals surface area contributed by atoms with Crippen molar-refractivity contribution in [2.75, 3.05) is 0 Å². The van der Waals surface area contributed by atoms with Crippen LogP contribution in [0, 0.1) is 0 Å². The number of hydrogen-bond acceptors (Lipinski definition) is 1. The summed E-state index contributed by atoms with van der Waals surface area (Å²) in [6.07, 6.45) is 2.36. The van der Waals surface area contributed by atoms with Crippen LogP contribution in [-0.4, -0.2) is 0 Å². The van der Waals surface area contributed by atoms with E-state index in [4.69, 9.17) is 11.6 Å². The normalized spacial score (nSPS) is 15.8. The van der Waals surface area contributed by atoms with Gasteiger partial charge in [-0.05, 0) is 22.0 Å². The van der Waals surface area contributed by atoms with Gasteiger partial charge >= 0.3 is 105 Å². The van der Waals surface area contributed by atoms with Crippen molar-refractivity contribution < 1.29 is 29.8 Å². The Labute approximate surface area is 207 Å². The molecular weight excluding hydrogens is 479 g/mol. The molecule has 1 atom stereocenters. The van der Waals surface area contributed by atoms with Gasteiger partial charge in [-0.25, -0.2) is 0 Å². The van der Waals surface area contributed by atoms with E-state index in [-0.39, 0.29) is 16.6 Å². The second-order valence-corrected chi connectivity index (χ2v) is 12.2. The first-order valence-corrected chi connectivity index (χ1v) is 12.5. The molecule has 0 spiro atoms. The van der Waals surface area contributed by atoms with Crippen molar-refractivity contribution in [3.63, 3.8) is 0 Å². The van der Waals surface area contributed by atoms with Crippen LogP contribution in [0.2, 0.25) is 5.02 Å². The van der Waals surface area contributed by atoms with Crippen LogP contribution < -0.4 is 5.11 Å². The van der Waals surface area contributed by atoms with Crippen LogP contribution in [0.5, 0.6) is 5.75 Å². The number of hydrogen-bond donors (Lipinski definition) is 0. The molecule has 0 N–H and O–H groups in total.